The van der Waals surface area contributed by atoms with Gasteiger partial charge < -0.3 is 9.84 Å². The molecule has 1 atom stereocenters. The fraction of sp³-hybridized carbons (Fsp3) is 0.250. The molecule has 0 heterocycles. The summed E-state index contributed by atoms with van der Waals surface area (Å²) in [7, 11) is 0. The summed E-state index contributed by atoms with van der Waals surface area (Å²) < 4.78 is 4.71. The Hall–Kier alpha value is -1.61. The van der Waals surface area contributed by atoms with Gasteiger partial charge in [0.25, 0.3) is 0 Å². The molecule has 15 heavy (non-hydrogen) atoms. The minimum absolute atomic E-state index is 0.0105. The van der Waals surface area contributed by atoms with Crippen molar-refractivity contribution in [3.63, 3.8) is 0 Å². The maximum absolute atomic E-state index is 10.7. The molecule has 1 radical (unpaired) electrons. The fourth-order valence-corrected chi connectivity index (χ4v) is 1.13. The van der Waals surface area contributed by atoms with Crippen molar-refractivity contribution in [2.75, 3.05) is 6.61 Å². The van der Waals surface area contributed by atoms with Crippen LogP contribution in [0.3, 0.4) is 0 Å². The Morgan fingerprint density at radius 2 is 2.27 bits per heavy atom. The Labute approximate surface area is 89.0 Å². The van der Waals surface area contributed by atoms with E-state index in [9.17, 15) is 9.90 Å². The third-order valence-electron chi connectivity index (χ3n) is 1.84. The van der Waals surface area contributed by atoms with Gasteiger partial charge in [-0.1, -0.05) is 30.8 Å². The molecule has 0 saturated heterocycles. The zero-order chi connectivity index (χ0) is 11.1. The summed E-state index contributed by atoms with van der Waals surface area (Å²) >= 11 is 0. The van der Waals surface area contributed by atoms with Gasteiger partial charge in [-0.3, -0.25) is 0 Å². The molecule has 0 aliphatic carbocycles. The summed E-state index contributed by atoms with van der Waals surface area (Å²) in [5.74, 6) is -0.518. The molecule has 1 unspecified atom stereocenters. The van der Waals surface area contributed by atoms with E-state index in [-0.39, 0.29) is 6.61 Å². The standard InChI is InChI=1S/C12H13O3/c1-2-12(14)15-9-11(13)8-10-6-4-3-5-7-10/h2,4-7,11,13H,1,8-9H2. The van der Waals surface area contributed by atoms with Gasteiger partial charge >= 0.3 is 5.97 Å². The number of hydrogen-bond donors (Lipinski definition) is 1. The van der Waals surface area contributed by atoms with Crippen molar-refractivity contribution in [2.45, 2.75) is 12.5 Å². The zero-order valence-corrected chi connectivity index (χ0v) is 8.35. The Kier molecular flexibility index (Phi) is 4.57. The molecule has 1 aromatic rings. The van der Waals surface area contributed by atoms with Crippen LogP contribution in [0.2, 0.25) is 0 Å². The SMILES string of the molecule is C=CC(=O)OCC(O)Cc1cc[c]cc1. The fourth-order valence-electron chi connectivity index (χ4n) is 1.13. The number of carbonyl (C=O) groups is 1. The van der Waals surface area contributed by atoms with Gasteiger partial charge in [0.1, 0.15) is 6.61 Å². The average molecular weight is 205 g/mol. The van der Waals surface area contributed by atoms with Crippen LogP contribution in [-0.2, 0) is 16.0 Å². The second-order valence-electron chi connectivity index (χ2n) is 3.10. The number of hydrogen-bond acceptors (Lipinski definition) is 3. The van der Waals surface area contributed by atoms with E-state index in [0.29, 0.717) is 6.42 Å². The van der Waals surface area contributed by atoms with Crippen LogP contribution in [0.4, 0.5) is 0 Å². The summed E-state index contributed by atoms with van der Waals surface area (Å²) in [4.78, 5) is 10.7. The molecule has 1 rings (SSSR count). The van der Waals surface area contributed by atoms with Crippen LogP contribution < -0.4 is 0 Å². The second-order valence-corrected chi connectivity index (χ2v) is 3.10. The highest BCUT2D eigenvalue weighted by Gasteiger charge is 2.07. The van der Waals surface area contributed by atoms with Crippen molar-refractivity contribution >= 4 is 5.97 Å². The molecule has 0 amide bonds. The molecule has 1 aromatic carbocycles. The first-order valence-corrected chi connectivity index (χ1v) is 4.64. The predicted molar refractivity (Wildman–Crippen MR) is 56.1 cm³/mol. The lowest BCUT2D eigenvalue weighted by molar-refractivity contribution is -0.140. The average Bonchev–Trinajstić information content (AvgIpc) is 2.27. The molecule has 0 spiro atoms. The Bertz CT molecular complexity index is 319. The third-order valence-corrected chi connectivity index (χ3v) is 1.84. The van der Waals surface area contributed by atoms with Gasteiger partial charge in [-0.05, 0) is 11.6 Å². The Morgan fingerprint density at radius 3 is 2.87 bits per heavy atom. The van der Waals surface area contributed by atoms with Gasteiger partial charge in [0, 0.05) is 12.5 Å². The van der Waals surface area contributed by atoms with Gasteiger partial charge in [0.2, 0.25) is 0 Å². The van der Waals surface area contributed by atoms with Gasteiger partial charge in [0.15, 0.2) is 0 Å². The monoisotopic (exact) mass is 205 g/mol. The van der Waals surface area contributed by atoms with Crippen LogP contribution in [0, 0.1) is 6.07 Å². The maximum Gasteiger partial charge on any atom is 0.330 e. The van der Waals surface area contributed by atoms with E-state index in [2.05, 4.69) is 12.6 Å². The molecule has 0 aliphatic rings. The highest BCUT2D eigenvalue weighted by molar-refractivity contribution is 5.81. The molecular weight excluding hydrogens is 192 g/mol. The predicted octanol–water partition coefficient (Wildman–Crippen LogP) is 1.12. The lowest BCUT2D eigenvalue weighted by Gasteiger charge is -2.10. The number of aliphatic hydroxyl groups excluding tert-OH is 1. The van der Waals surface area contributed by atoms with Crippen LogP contribution in [-0.4, -0.2) is 23.8 Å². The number of aliphatic hydroxyl groups is 1. The van der Waals surface area contributed by atoms with E-state index in [1.807, 2.05) is 12.1 Å². The summed E-state index contributed by atoms with van der Waals surface area (Å²) in [5.41, 5.74) is 0.982. The van der Waals surface area contributed by atoms with E-state index in [1.54, 1.807) is 12.1 Å². The zero-order valence-electron chi connectivity index (χ0n) is 8.35. The Morgan fingerprint density at radius 1 is 1.60 bits per heavy atom. The topological polar surface area (TPSA) is 46.5 Å². The van der Waals surface area contributed by atoms with Crippen molar-refractivity contribution in [3.8, 4) is 0 Å². The maximum atomic E-state index is 10.7. The van der Waals surface area contributed by atoms with Crippen LogP contribution in [0.15, 0.2) is 36.9 Å². The normalized spacial score (nSPS) is 11.8. The third kappa shape index (κ3) is 4.42. The van der Waals surface area contributed by atoms with Crippen molar-refractivity contribution in [1.29, 1.82) is 0 Å². The smallest absolute Gasteiger partial charge is 0.330 e. The molecular formula is C12H13O3. The quantitative estimate of drug-likeness (QED) is 0.578. The van der Waals surface area contributed by atoms with Crippen LogP contribution in [0.5, 0.6) is 0 Å². The number of carbonyl (C=O) groups excluding carboxylic acids is 1. The van der Waals surface area contributed by atoms with Crippen LogP contribution in [0.1, 0.15) is 5.56 Å². The number of ether oxygens (including phenoxy) is 1. The first-order valence-electron chi connectivity index (χ1n) is 4.64. The number of esters is 1. The van der Waals surface area contributed by atoms with Crippen molar-refractivity contribution < 1.29 is 14.6 Å². The minimum Gasteiger partial charge on any atom is -0.460 e. The van der Waals surface area contributed by atoms with Gasteiger partial charge in [-0.15, -0.1) is 0 Å². The van der Waals surface area contributed by atoms with E-state index >= 15 is 0 Å². The number of rotatable bonds is 5. The van der Waals surface area contributed by atoms with Crippen molar-refractivity contribution in [2.24, 2.45) is 0 Å². The summed E-state index contributed by atoms with van der Waals surface area (Å²) in [5, 5.41) is 9.53. The molecule has 3 nitrogen and oxygen atoms in total. The van der Waals surface area contributed by atoms with E-state index < -0.39 is 12.1 Å². The van der Waals surface area contributed by atoms with E-state index in [1.165, 1.54) is 0 Å². The van der Waals surface area contributed by atoms with Gasteiger partial charge in [-0.2, -0.15) is 0 Å². The van der Waals surface area contributed by atoms with Crippen LogP contribution >= 0.6 is 0 Å². The Balaban J connectivity index is 2.33. The second kappa shape index (κ2) is 5.98. The van der Waals surface area contributed by atoms with Crippen LogP contribution in [0.25, 0.3) is 0 Å². The molecule has 0 aliphatic heterocycles. The number of benzene rings is 1. The summed E-state index contributed by atoms with van der Waals surface area (Å²) in [6.07, 6.45) is 0.847. The molecule has 0 aromatic heterocycles. The summed E-state index contributed by atoms with van der Waals surface area (Å²) in [6.45, 7) is 3.25. The highest BCUT2D eigenvalue weighted by Crippen LogP contribution is 2.03. The van der Waals surface area contributed by atoms with E-state index in [4.69, 9.17) is 4.74 Å². The molecule has 1 N–H and O–H groups in total. The lowest BCUT2D eigenvalue weighted by atomic mass is 10.1. The molecule has 0 saturated carbocycles. The molecule has 3 heteroatoms. The molecule has 0 fully saturated rings. The highest BCUT2D eigenvalue weighted by atomic mass is 16.5. The largest absolute Gasteiger partial charge is 0.460 e. The first-order chi connectivity index (χ1) is 7.22. The molecule has 79 valence electrons. The van der Waals surface area contributed by atoms with Gasteiger partial charge in [-0.25, -0.2) is 4.79 Å². The first kappa shape index (κ1) is 11.5. The minimum atomic E-state index is -0.684. The molecule has 0 bridgehead atoms. The van der Waals surface area contributed by atoms with Crippen molar-refractivity contribution in [1.82, 2.24) is 0 Å². The van der Waals surface area contributed by atoms with Crippen molar-refractivity contribution in [3.05, 3.63) is 48.6 Å². The summed E-state index contributed by atoms with van der Waals surface area (Å²) in [6, 6.07) is 10.2. The van der Waals surface area contributed by atoms with E-state index in [0.717, 1.165) is 11.6 Å². The lowest BCUT2D eigenvalue weighted by Crippen LogP contribution is -2.20. The van der Waals surface area contributed by atoms with Gasteiger partial charge in [0.05, 0.1) is 6.10 Å².